The van der Waals surface area contributed by atoms with Gasteiger partial charge in [-0.25, -0.2) is 18.9 Å². The summed E-state index contributed by atoms with van der Waals surface area (Å²) in [4.78, 5) is 32.1. The predicted octanol–water partition coefficient (Wildman–Crippen LogP) is 4.26. The molecule has 1 aromatic carbocycles. The number of likely N-dealkylation sites (tertiary alicyclic amines) is 1. The second-order valence-corrected chi connectivity index (χ2v) is 9.79. The van der Waals surface area contributed by atoms with Gasteiger partial charge in [-0.2, -0.15) is 0 Å². The third-order valence-corrected chi connectivity index (χ3v) is 5.97. The summed E-state index contributed by atoms with van der Waals surface area (Å²) in [5.74, 6) is -0.185. The number of hydrogen-bond acceptors (Lipinski definition) is 6. The molecule has 0 saturated carbocycles. The molecule has 0 spiro atoms. The van der Waals surface area contributed by atoms with Gasteiger partial charge in [0.1, 0.15) is 11.4 Å². The molecule has 0 bridgehead atoms. The SMILES string of the molecule is CC(C)(C)OC(=O)N1CCC(NC(=O)c2nc(-c3cccs3)n(-c3ccc(F)cc3)n2)CC1. The summed E-state index contributed by atoms with van der Waals surface area (Å²) < 4.78 is 20.4. The molecule has 0 atom stereocenters. The van der Waals surface area contributed by atoms with E-state index in [9.17, 15) is 14.0 Å². The lowest BCUT2D eigenvalue weighted by Gasteiger charge is -2.33. The molecular formula is C23H26FN5O3S. The zero-order chi connectivity index (χ0) is 23.6. The Morgan fingerprint density at radius 2 is 1.85 bits per heavy atom. The number of carbonyl (C=O) groups excluding carboxylic acids is 2. The Kier molecular flexibility index (Phi) is 6.46. The first-order valence-corrected chi connectivity index (χ1v) is 11.6. The Hall–Kier alpha value is -3.27. The number of benzene rings is 1. The molecular weight excluding hydrogens is 445 g/mol. The molecule has 4 rings (SSSR count). The van der Waals surface area contributed by atoms with E-state index in [4.69, 9.17) is 4.74 Å². The maximum atomic E-state index is 13.4. The van der Waals surface area contributed by atoms with Crippen LogP contribution in [0.1, 0.15) is 44.2 Å². The van der Waals surface area contributed by atoms with Gasteiger partial charge in [0.2, 0.25) is 5.82 Å². The first kappa shape index (κ1) is 22.9. The molecule has 2 aromatic heterocycles. The monoisotopic (exact) mass is 471 g/mol. The number of ether oxygens (including phenoxy) is 1. The number of rotatable bonds is 4. The fourth-order valence-corrected chi connectivity index (χ4v) is 4.22. The molecule has 1 N–H and O–H groups in total. The molecule has 3 heterocycles. The van der Waals surface area contributed by atoms with E-state index in [1.165, 1.54) is 23.5 Å². The van der Waals surface area contributed by atoms with Crippen LogP contribution in [0.3, 0.4) is 0 Å². The minimum absolute atomic E-state index is 0.0392. The highest BCUT2D eigenvalue weighted by Gasteiger charge is 2.29. The topological polar surface area (TPSA) is 89.4 Å². The van der Waals surface area contributed by atoms with Crippen LogP contribution in [0.4, 0.5) is 9.18 Å². The number of amides is 2. The standard InChI is InChI=1S/C23H26FN5O3S/c1-23(2,3)32-22(31)28-12-10-16(11-13-28)25-21(30)19-26-20(18-5-4-14-33-18)29(27-19)17-8-6-15(24)7-9-17/h4-9,14,16H,10-13H2,1-3H3,(H,25,30). The molecule has 1 fully saturated rings. The van der Waals surface area contributed by atoms with Crippen molar-refractivity contribution in [2.45, 2.75) is 45.3 Å². The van der Waals surface area contributed by atoms with Crippen LogP contribution < -0.4 is 5.32 Å². The normalized spacial score (nSPS) is 14.8. The smallest absolute Gasteiger partial charge is 0.410 e. The van der Waals surface area contributed by atoms with E-state index in [1.54, 1.807) is 21.7 Å². The Labute approximate surface area is 195 Å². The Morgan fingerprint density at radius 3 is 2.45 bits per heavy atom. The Bertz CT molecular complexity index is 1110. The van der Waals surface area contributed by atoms with Crippen LogP contribution in [0.15, 0.2) is 41.8 Å². The minimum atomic E-state index is -0.544. The molecule has 2 amide bonds. The fourth-order valence-electron chi connectivity index (χ4n) is 3.52. The molecule has 8 nitrogen and oxygen atoms in total. The number of halogens is 1. The van der Waals surface area contributed by atoms with Gasteiger partial charge in [-0.05, 0) is 69.3 Å². The van der Waals surface area contributed by atoms with Gasteiger partial charge in [-0.1, -0.05) is 6.07 Å². The van der Waals surface area contributed by atoms with Crippen molar-refractivity contribution in [2.24, 2.45) is 0 Å². The number of piperidine rings is 1. The van der Waals surface area contributed by atoms with Crippen LogP contribution in [-0.2, 0) is 4.74 Å². The van der Waals surface area contributed by atoms with E-state index in [0.29, 0.717) is 37.4 Å². The van der Waals surface area contributed by atoms with Crippen LogP contribution in [0, 0.1) is 5.82 Å². The van der Waals surface area contributed by atoms with Gasteiger partial charge >= 0.3 is 6.09 Å². The van der Waals surface area contributed by atoms with E-state index in [0.717, 1.165) is 4.88 Å². The summed E-state index contributed by atoms with van der Waals surface area (Å²) in [5.41, 5.74) is 0.0641. The summed E-state index contributed by atoms with van der Waals surface area (Å²) in [5, 5.41) is 9.30. The van der Waals surface area contributed by atoms with E-state index in [-0.39, 0.29) is 29.7 Å². The van der Waals surface area contributed by atoms with Crippen molar-refractivity contribution < 1.29 is 18.7 Å². The fraction of sp³-hybridized carbons (Fsp3) is 0.391. The second-order valence-electron chi connectivity index (χ2n) is 8.84. The van der Waals surface area contributed by atoms with Crippen LogP contribution in [-0.4, -0.2) is 56.4 Å². The lowest BCUT2D eigenvalue weighted by molar-refractivity contribution is 0.0199. The average molecular weight is 472 g/mol. The molecule has 1 saturated heterocycles. The predicted molar refractivity (Wildman–Crippen MR) is 123 cm³/mol. The molecule has 1 aliphatic rings. The van der Waals surface area contributed by atoms with E-state index in [2.05, 4.69) is 15.4 Å². The van der Waals surface area contributed by atoms with Crippen molar-refractivity contribution in [3.63, 3.8) is 0 Å². The maximum Gasteiger partial charge on any atom is 0.410 e. The summed E-state index contributed by atoms with van der Waals surface area (Å²) in [7, 11) is 0. The highest BCUT2D eigenvalue weighted by molar-refractivity contribution is 7.13. The van der Waals surface area contributed by atoms with Crippen molar-refractivity contribution in [3.8, 4) is 16.4 Å². The number of aromatic nitrogens is 3. The van der Waals surface area contributed by atoms with Gasteiger partial charge in [-0.15, -0.1) is 16.4 Å². The largest absolute Gasteiger partial charge is 0.444 e. The Morgan fingerprint density at radius 1 is 1.15 bits per heavy atom. The van der Waals surface area contributed by atoms with Crippen LogP contribution >= 0.6 is 11.3 Å². The molecule has 33 heavy (non-hydrogen) atoms. The van der Waals surface area contributed by atoms with Crippen molar-refractivity contribution in [2.75, 3.05) is 13.1 Å². The number of nitrogens with zero attached hydrogens (tertiary/aromatic N) is 4. The quantitative estimate of drug-likeness (QED) is 0.614. The van der Waals surface area contributed by atoms with Crippen LogP contribution in [0.5, 0.6) is 0 Å². The number of thiophene rings is 1. The van der Waals surface area contributed by atoms with Gasteiger partial charge in [0.15, 0.2) is 5.82 Å². The summed E-state index contributed by atoms with van der Waals surface area (Å²) in [6.07, 6.45) is 0.885. The summed E-state index contributed by atoms with van der Waals surface area (Å²) in [6.45, 7) is 6.50. The van der Waals surface area contributed by atoms with Crippen molar-refractivity contribution in [1.82, 2.24) is 25.0 Å². The van der Waals surface area contributed by atoms with E-state index >= 15 is 0 Å². The van der Waals surface area contributed by atoms with Gasteiger partial charge in [-0.3, -0.25) is 4.79 Å². The van der Waals surface area contributed by atoms with Crippen LogP contribution in [0.2, 0.25) is 0 Å². The minimum Gasteiger partial charge on any atom is -0.444 e. The zero-order valence-electron chi connectivity index (χ0n) is 18.7. The first-order valence-electron chi connectivity index (χ1n) is 10.8. The van der Waals surface area contributed by atoms with Gasteiger partial charge in [0, 0.05) is 19.1 Å². The van der Waals surface area contributed by atoms with Gasteiger partial charge in [0.05, 0.1) is 10.6 Å². The Balaban J connectivity index is 1.45. The number of hydrogen-bond donors (Lipinski definition) is 1. The molecule has 3 aromatic rings. The maximum absolute atomic E-state index is 13.4. The van der Waals surface area contributed by atoms with E-state index < -0.39 is 5.60 Å². The third-order valence-electron chi connectivity index (χ3n) is 5.10. The molecule has 0 unspecified atom stereocenters. The summed E-state index contributed by atoms with van der Waals surface area (Å²) >= 11 is 1.48. The van der Waals surface area contributed by atoms with Crippen molar-refractivity contribution in [3.05, 3.63) is 53.4 Å². The average Bonchev–Trinajstić information content (AvgIpc) is 3.43. The third kappa shape index (κ3) is 5.57. The summed E-state index contributed by atoms with van der Waals surface area (Å²) in [6, 6.07) is 9.55. The lowest BCUT2D eigenvalue weighted by Crippen LogP contribution is -2.48. The molecule has 10 heteroatoms. The first-order chi connectivity index (χ1) is 15.7. The van der Waals surface area contributed by atoms with Crippen molar-refractivity contribution in [1.29, 1.82) is 0 Å². The lowest BCUT2D eigenvalue weighted by atomic mass is 10.1. The molecule has 174 valence electrons. The highest BCUT2D eigenvalue weighted by Crippen LogP contribution is 2.26. The van der Waals surface area contributed by atoms with E-state index in [1.807, 2.05) is 38.3 Å². The second kappa shape index (κ2) is 9.30. The number of nitrogens with one attached hydrogen (secondary N) is 1. The number of carbonyl (C=O) groups is 2. The van der Waals surface area contributed by atoms with Gasteiger partial charge in [0.25, 0.3) is 5.91 Å². The molecule has 0 radical (unpaired) electrons. The highest BCUT2D eigenvalue weighted by atomic mass is 32.1. The van der Waals surface area contributed by atoms with Crippen LogP contribution in [0.25, 0.3) is 16.4 Å². The zero-order valence-corrected chi connectivity index (χ0v) is 19.6. The van der Waals surface area contributed by atoms with Crippen molar-refractivity contribution >= 4 is 23.3 Å². The molecule has 0 aliphatic carbocycles. The molecule has 1 aliphatic heterocycles. The van der Waals surface area contributed by atoms with Gasteiger partial charge < -0.3 is 15.0 Å².